The topological polar surface area (TPSA) is 49.4 Å². The molecule has 144 valence electrons. The number of carbonyl (C=O) groups excluding carboxylic acids is 2. The third kappa shape index (κ3) is 6.55. The molecule has 0 aromatic heterocycles. The van der Waals surface area contributed by atoms with Crippen molar-refractivity contribution in [2.24, 2.45) is 5.41 Å². The van der Waals surface area contributed by atoms with Gasteiger partial charge in [0.15, 0.2) is 0 Å². The highest BCUT2D eigenvalue weighted by Gasteiger charge is 2.20. The van der Waals surface area contributed by atoms with Crippen LogP contribution in [-0.4, -0.2) is 30.3 Å². The van der Waals surface area contributed by atoms with E-state index in [1.165, 1.54) is 11.1 Å². The van der Waals surface area contributed by atoms with Crippen LogP contribution >= 0.6 is 0 Å². The van der Waals surface area contributed by atoms with Gasteiger partial charge < -0.3 is 10.2 Å². The zero-order valence-electron chi connectivity index (χ0n) is 16.8. The summed E-state index contributed by atoms with van der Waals surface area (Å²) >= 11 is 0. The van der Waals surface area contributed by atoms with Crippen molar-refractivity contribution in [3.8, 4) is 11.1 Å². The van der Waals surface area contributed by atoms with Crippen LogP contribution in [0.4, 0.5) is 0 Å². The minimum absolute atomic E-state index is 0.0156. The van der Waals surface area contributed by atoms with Crippen molar-refractivity contribution in [2.45, 2.75) is 40.2 Å². The lowest BCUT2D eigenvalue weighted by Crippen LogP contribution is -2.35. The molecule has 4 nitrogen and oxygen atoms in total. The molecule has 0 saturated carbocycles. The van der Waals surface area contributed by atoms with Crippen LogP contribution in [0, 0.1) is 5.41 Å². The molecular formula is C23H30N2O2. The molecular weight excluding hydrogens is 336 g/mol. The van der Waals surface area contributed by atoms with Crippen LogP contribution in [0.25, 0.3) is 11.1 Å². The SMILES string of the molecule is CN(Cc1ccc(-c2ccccc2)cc1)C(=O)CCCNC(=O)C(C)(C)C. The van der Waals surface area contributed by atoms with Gasteiger partial charge in [-0.25, -0.2) is 0 Å². The first kappa shape index (κ1) is 20.7. The fourth-order valence-corrected chi connectivity index (χ4v) is 2.69. The van der Waals surface area contributed by atoms with Gasteiger partial charge in [0.2, 0.25) is 11.8 Å². The van der Waals surface area contributed by atoms with Gasteiger partial charge in [0.05, 0.1) is 0 Å². The molecule has 0 saturated heterocycles. The van der Waals surface area contributed by atoms with Crippen molar-refractivity contribution in [3.05, 3.63) is 60.2 Å². The molecule has 0 aliphatic rings. The summed E-state index contributed by atoms with van der Waals surface area (Å²) in [5, 5.41) is 2.88. The number of hydrogen-bond donors (Lipinski definition) is 1. The normalized spacial score (nSPS) is 11.1. The Hall–Kier alpha value is -2.62. The molecule has 0 bridgehead atoms. The molecule has 2 aromatic rings. The molecule has 4 heteroatoms. The number of nitrogens with one attached hydrogen (secondary N) is 1. The first-order valence-electron chi connectivity index (χ1n) is 9.44. The zero-order chi connectivity index (χ0) is 19.9. The highest BCUT2D eigenvalue weighted by molar-refractivity contribution is 5.81. The van der Waals surface area contributed by atoms with Crippen molar-refractivity contribution >= 4 is 11.8 Å². The van der Waals surface area contributed by atoms with Gasteiger partial charge in [-0.2, -0.15) is 0 Å². The van der Waals surface area contributed by atoms with Crippen LogP contribution in [-0.2, 0) is 16.1 Å². The molecule has 0 fully saturated rings. The smallest absolute Gasteiger partial charge is 0.225 e. The lowest BCUT2D eigenvalue weighted by molar-refractivity contribution is -0.131. The van der Waals surface area contributed by atoms with E-state index < -0.39 is 5.41 Å². The molecule has 2 amide bonds. The van der Waals surface area contributed by atoms with E-state index in [-0.39, 0.29) is 11.8 Å². The highest BCUT2D eigenvalue weighted by Crippen LogP contribution is 2.19. The maximum Gasteiger partial charge on any atom is 0.225 e. The Morgan fingerprint density at radius 3 is 2.11 bits per heavy atom. The van der Waals surface area contributed by atoms with Crippen LogP contribution in [0.3, 0.4) is 0 Å². The Kier molecular flexibility index (Phi) is 7.17. The van der Waals surface area contributed by atoms with E-state index in [4.69, 9.17) is 0 Å². The van der Waals surface area contributed by atoms with Crippen molar-refractivity contribution in [3.63, 3.8) is 0 Å². The third-order valence-electron chi connectivity index (χ3n) is 4.44. The first-order chi connectivity index (χ1) is 12.8. The number of nitrogens with zero attached hydrogens (tertiary/aromatic N) is 1. The number of carbonyl (C=O) groups is 2. The number of benzene rings is 2. The Morgan fingerprint density at radius 2 is 1.52 bits per heavy atom. The fraction of sp³-hybridized carbons (Fsp3) is 0.391. The Bertz CT molecular complexity index is 746. The molecule has 0 aliphatic heterocycles. The Morgan fingerprint density at radius 1 is 0.926 bits per heavy atom. The van der Waals surface area contributed by atoms with E-state index in [0.29, 0.717) is 25.9 Å². The predicted molar refractivity (Wildman–Crippen MR) is 110 cm³/mol. The first-order valence-corrected chi connectivity index (χ1v) is 9.44. The van der Waals surface area contributed by atoms with Gasteiger partial charge >= 0.3 is 0 Å². The minimum Gasteiger partial charge on any atom is -0.356 e. The molecule has 2 rings (SSSR count). The summed E-state index contributed by atoms with van der Waals surface area (Å²) in [4.78, 5) is 25.8. The molecule has 0 atom stereocenters. The lowest BCUT2D eigenvalue weighted by Gasteiger charge is -2.19. The largest absolute Gasteiger partial charge is 0.356 e. The summed E-state index contributed by atoms with van der Waals surface area (Å²) in [5.74, 6) is 0.106. The van der Waals surface area contributed by atoms with Gasteiger partial charge in [-0.05, 0) is 23.1 Å². The summed E-state index contributed by atoms with van der Waals surface area (Å²) in [6.07, 6.45) is 1.08. The van der Waals surface area contributed by atoms with E-state index in [2.05, 4.69) is 41.7 Å². The monoisotopic (exact) mass is 366 g/mol. The second-order valence-corrected chi connectivity index (χ2v) is 7.92. The van der Waals surface area contributed by atoms with E-state index in [9.17, 15) is 9.59 Å². The number of rotatable bonds is 7. The van der Waals surface area contributed by atoms with Crippen LogP contribution in [0.2, 0.25) is 0 Å². The molecule has 2 aromatic carbocycles. The second-order valence-electron chi connectivity index (χ2n) is 7.92. The Labute approximate surface area is 162 Å². The van der Waals surface area contributed by atoms with Crippen LogP contribution in [0.1, 0.15) is 39.2 Å². The molecule has 1 N–H and O–H groups in total. The van der Waals surface area contributed by atoms with Crippen molar-refractivity contribution < 1.29 is 9.59 Å². The van der Waals surface area contributed by atoms with Crippen molar-refractivity contribution in [1.29, 1.82) is 0 Å². The van der Waals surface area contributed by atoms with Crippen LogP contribution in [0.5, 0.6) is 0 Å². The average Bonchev–Trinajstić information content (AvgIpc) is 2.65. The number of hydrogen-bond acceptors (Lipinski definition) is 2. The lowest BCUT2D eigenvalue weighted by atomic mass is 9.96. The molecule has 0 heterocycles. The van der Waals surface area contributed by atoms with E-state index in [0.717, 1.165) is 5.56 Å². The maximum atomic E-state index is 12.3. The van der Waals surface area contributed by atoms with Crippen molar-refractivity contribution in [1.82, 2.24) is 10.2 Å². The van der Waals surface area contributed by atoms with Gasteiger partial charge in [-0.1, -0.05) is 75.4 Å². The van der Waals surface area contributed by atoms with E-state index in [1.807, 2.05) is 46.0 Å². The maximum absolute atomic E-state index is 12.3. The third-order valence-corrected chi connectivity index (χ3v) is 4.44. The summed E-state index contributed by atoms with van der Waals surface area (Å²) in [7, 11) is 1.82. The zero-order valence-corrected chi connectivity index (χ0v) is 16.8. The summed E-state index contributed by atoms with van der Waals surface area (Å²) < 4.78 is 0. The standard InChI is InChI=1S/C23H30N2O2/c1-23(2,3)22(27)24-16-8-11-21(26)25(4)17-18-12-14-20(15-13-18)19-9-6-5-7-10-19/h5-7,9-10,12-15H,8,11,16-17H2,1-4H3,(H,24,27). The highest BCUT2D eigenvalue weighted by atomic mass is 16.2. The molecule has 0 unspecified atom stereocenters. The van der Waals surface area contributed by atoms with Gasteiger partial charge in [0.25, 0.3) is 0 Å². The summed E-state index contributed by atoms with van der Waals surface area (Å²) in [5.41, 5.74) is 3.06. The molecule has 0 radical (unpaired) electrons. The second kappa shape index (κ2) is 9.36. The Balaban J connectivity index is 1.78. The average molecular weight is 367 g/mol. The molecule has 0 aliphatic carbocycles. The van der Waals surface area contributed by atoms with Crippen LogP contribution < -0.4 is 5.32 Å². The fourth-order valence-electron chi connectivity index (χ4n) is 2.69. The van der Waals surface area contributed by atoms with Gasteiger partial charge in [0.1, 0.15) is 0 Å². The van der Waals surface area contributed by atoms with E-state index in [1.54, 1.807) is 4.90 Å². The molecule has 0 spiro atoms. The van der Waals surface area contributed by atoms with Gasteiger partial charge in [-0.15, -0.1) is 0 Å². The number of amides is 2. The predicted octanol–water partition coefficient (Wildman–Crippen LogP) is 4.25. The quantitative estimate of drug-likeness (QED) is 0.745. The van der Waals surface area contributed by atoms with E-state index >= 15 is 0 Å². The summed E-state index contributed by atoms with van der Waals surface area (Å²) in [6.45, 7) is 6.75. The molecule has 27 heavy (non-hydrogen) atoms. The summed E-state index contributed by atoms with van der Waals surface area (Å²) in [6, 6.07) is 18.5. The minimum atomic E-state index is -0.396. The van der Waals surface area contributed by atoms with Gasteiger partial charge in [0, 0.05) is 32.0 Å². The van der Waals surface area contributed by atoms with Crippen LogP contribution in [0.15, 0.2) is 54.6 Å². The van der Waals surface area contributed by atoms with Crippen molar-refractivity contribution in [2.75, 3.05) is 13.6 Å². The van der Waals surface area contributed by atoms with Gasteiger partial charge in [-0.3, -0.25) is 9.59 Å².